The van der Waals surface area contributed by atoms with Crippen LogP contribution in [-0.4, -0.2) is 0 Å². The van der Waals surface area contributed by atoms with Gasteiger partial charge in [0.2, 0.25) is 0 Å². The van der Waals surface area contributed by atoms with Crippen molar-refractivity contribution >= 4 is 45.9 Å². The molecule has 1 aromatic heterocycles. The van der Waals surface area contributed by atoms with Crippen molar-refractivity contribution in [3.63, 3.8) is 0 Å². The van der Waals surface area contributed by atoms with Crippen LogP contribution in [0.25, 0.3) is 0 Å². The molecule has 1 heterocycles. The molecular weight excluding hydrogens is 275 g/mol. The number of para-hydroxylation sites is 1. The maximum absolute atomic E-state index is 5.96. The molecule has 3 N–H and O–H groups in total. The van der Waals surface area contributed by atoms with Crippen LogP contribution in [0.4, 0.5) is 11.4 Å². The van der Waals surface area contributed by atoms with Gasteiger partial charge in [0.05, 0.1) is 26.8 Å². The molecule has 90 valence electrons. The largest absolute Gasteiger partial charge is 0.396 e. The highest BCUT2D eigenvalue weighted by molar-refractivity contribution is 7.16. The minimum absolute atomic E-state index is 0.147. The molecule has 0 radical (unpaired) electrons. The lowest BCUT2D eigenvalue weighted by Gasteiger charge is -2.16. The molecule has 0 saturated heterocycles. The van der Waals surface area contributed by atoms with Crippen molar-refractivity contribution < 1.29 is 0 Å². The molecule has 0 bridgehead atoms. The Bertz CT molecular complexity index is 525. The molecule has 0 saturated carbocycles. The average Bonchev–Trinajstić information content (AvgIpc) is 2.72. The number of nitrogen functional groups attached to an aromatic ring is 1. The van der Waals surface area contributed by atoms with Crippen LogP contribution >= 0.6 is 34.5 Å². The van der Waals surface area contributed by atoms with Gasteiger partial charge in [-0.1, -0.05) is 29.3 Å². The van der Waals surface area contributed by atoms with Crippen LogP contribution in [0.3, 0.4) is 0 Å². The fourth-order valence-electron chi connectivity index (χ4n) is 1.53. The quantitative estimate of drug-likeness (QED) is 0.795. The highest BCUT2D eigenvalue weighted by atomic mass is 35.5. The van der Waals surface area contributed by atoms with Crippen LogP contribution in [0.5, 0.6) is 0 Å². The number of halogens is 2. The van der Waals surface area contributed by atoms with Gasteiger partial charge in [-0.15, -0.1) is 11.3 Å². The maximum Gasteiger partial charge on any atom is 0.0932 e. The molecule has 0 amide bonds. The van der Waals surface area contributed by atoms with E-state index in [1.807, 2.05) is 24.3 Å². The molecule has 1 aromatic carbocycles. The Kier molecular flexibility index (Phi) is 3.82. The number of anilines is 2. The van der Waals surface area contributed by atoms with Crippen LogP contribution in [-0.2, 0) is 0 Å². The summed E-state index contributed by atoms with van der Waals surface area (Å²) in [6.45, 7) is 2.06. The van der Waals surface area contributed by atoms with Gasteiger partial charge in [-0.25, -0.2) is 0 Å². The smallest absolute Gasteiger partial charge is 0.0932 e. The summed E-state index contributed by atoms with van der Waals surface area (Å²) in [6.07, 6.45) is 0. The number of thiophene rings is 1. The molecule has 1 atom stereocenters. The first kappa shape index (κ1) is 12.6. The molecule has 2 nitrogen and oxygen atoms in total. The van der Waals surface area contributed by atoms with Crippen LogP contribution in [0, 0.1) is 0 Å². The van der Waals surface area contributed by atoms with Crippen LogP contribution in [0.2, 0.25) is 9.36 Å². The first-order valence-electron chi connectivity index (χ1n) is 5.13. The highest BCUT2D eigenvalue weighted by Gasteiger charge is 2.10. The van der Waals surface area contributed by atoms with E-state index in [0.29, 0.717) is 10.7 Å². The van der Waals surface area contributed by atoms with Gasteiger partial charge < -0.3 is 11.1 Å². The van der Waals surface area contributed by atoms with Crippen LogP contribution < -0.4 is 11.1 Å². The van der Waals surface area contributed by atoms with E-state index >= 15 is 0 Å². The second kappa shape index (κ2) is 5.17. The first-order valence-corrected chi connectivity index (χ1v) is 6.71. The number of hydrogen-bond donors (Lipinski definition) is 2. The van der Waals surface area contributed by atoms with Gasteiger partial charge in [0.25, 0.3) is 0 Å². The molecule has 5 heteroatoms. The van der Waals surface area contributed by atoms with Crippen LogP contribution in [0.15, 0.2) is 30.3 Å². The lowest BCUT2D eigenvalue weighted by molar-refractivity contribution is 0.909. The van der Waals surface area contributed by atoms with E-state index in [2.05, 4.69) is 12.2 Å². The second-order valence-electron chi connectivity index (χ2n) is 3.71. The van der Waals surface area contributed by atoms with Gasteiger partial charge in [-0.3, -0.25) is 0 Å². The predicted octanol–water partition coefficient (Wildman–Crippen LogP) is 4.81. The van der Waals surface area contributed by atoms with Gasteiger partial charge in [0.15, 0.2) is 0 Å². The van der Waals surface area contributed by atoms with E-state index < -0.39 is 0 Å². The third-order valence-electron chi connectivity index (χ3n) is 2.45. The summed E-state index contributed by atoms with van der Waals surface area (Å²) >= 11 is 13.4. The monoisotopic (exact) mass is 286 g/mol. The molecule has 0 fully saturated rings. The van der Waals surface area contributed by atoms with Crippen molar-refractivity contribution in [1.82, 2.24) is 0 Å². The fourth-order valence-corrected chi connectivity index (χ4v) is 2.77. The Morgan fingerprint density at radius 3 is 2.65 bits per heavy atom. The Balaban J connectivity index is 2.18. The van der Waals surface area contributed by atoms with E-state index in [1.54, 1.807) is 17.4 Å². The summed E-state index contributed by atoms with van der Waals surface area (Å²) in [5.41, 5.74) is 7.31. The molecule has 0 aliphatic rings. The number of hydrogen-bond acceptors (Lipinski definition) is 3. The lowest BCUT2D eigenvalue weighted by atomic mass is 10.2. The number of rotatable bonds is 3. The van der Waals surface area contributed by atoms with Crippen molar-refractivity contribution in [3.05, 3.63) is 44.6 Å². The summed E-state index contributed by atoms with van der Waals surface area (Å²) in [6, 6.07) is 9.59. The molecule has 17 heavy (non-hydrogen) atoms. The Morgan fingerprint density at radius 2 is 2.00 bits per heavy atom. The molecule has 1 unspecified atom stereocenters. The normalized spacial score (nSPS) is 12.4. The van der Waals surface area contributed by atoms with Gasteiger partial charge >= 0.3 is 0 Å². The summed E-state index contributed by atoms with van der Waals surface area (Å²) in [5, 5.41) is 3.88. The zero-order valence-electron chi connectivity index (χ0n) is 9.21. The first-order chi connectivity index (χ1) is 8.08. The van der Waals surface area contributed by atoms with Crippen molar-refractivity contribution in [2.24, 2.45) is 0 Å². The molecule has 2 aromatic rings. The third-order valence-corrected chi connectivity index (χ3v) is 4.19. The lowest BCUT2D eigenvalue weighted by Crippen LogP contribution is -2.07. The second-order valence-corrected chi connectivity index (χ2v) is 5.86. The summed E-state index contributed by atoms with van der Waals surface area (Å²) in [7, 11) is 0. The molecule has 2 rings (SSSR count). The predicted molar refractivity (Wildman–Crippen MR) is 77.2 cm³/mol. The summed E-state index contributed by atoms with van der Waals surface area (Å²) < 4.78 is 0.785. The fraction of sp³-hybridized carbons (Fsp3) is 0.167. The van der Waals surface area contributed by atoms with E-state index in [9.17, 15) is 0 Å². The number of nitrogens with two attached hydrogens (primary N) is 1. The molecular formula is C12H12Cl2N2S. The number of benzene rings is 1. The Hall–Kier alpha value is -0.900. The average molecular weight is 287 g/mol. The Morgan fingerprint density at radius 1 is 1.24 bits per heavy atom. The molecule has 0 aliphatic carbocycles. The van der Waals surface area contributed by atoms with Crippen molar-refractivity contribution in [1.29, 1.82) is 0 Å². The molecule has 0 spiro atoms. The SMILES string of the molecule is CC(Nc1cccc(Cl)c1N)c1ccc(Cl)s1. The zero-order chi connectivity index (χ0) is 12.4. The van der Waals surface area contributed by atoms with Crippen molar-refractivity contribution in [3.8, 4) is 0 Å². The molecule has 0 aliphatic heterocycles. The minimum Gasteiger partial charge on any atom is -0.396 e. The minimum atomic E-state index is 0.147. The van der Waals surface area contributed by atoms with Crippen molar-refractivity contribution in [2.45, 2.75) is 13.0 Å². The van der Waals surface area contributed by atoms with Crippen molar-refractivity contribution in [2.75, 3.05) is 11.1 Å². The van der Waals surface area contributed by atoms with E-state index in [4.69, 9.17) is 28.9 Å². The standard InChI is InChI=1S/C12H12Cl2N2S/c1-7(10-5-6-11(14)17-10)16-9-4-2-3-8(13)12(9)15/h2-7,16H,15H2,1H3. The van der Waals surface area contributed by atoms with Crippen LogP contribution in [0.1, 0.15) is 17.8 Å². The van der Waals surface area contributed by atoms with Gasteiger partial charge in [0, 0.05) is 4.88 Å². The van der Waals surface area contributed by atoms with Gasteiger partial charge in [-0.2, -0.15) is 0 Å². The summed E-state index contributed by atoms with van der Waals surface area (Å²) in [5.74, 6) is 0. The third kappa shape index (κ3) is 2.86. The topological polar surface area (TPSA) is 38.0 Å². The van der Waals surface area contributed by atoms with E-state index in [0.717, 1.165) is 14.9 Å². The number of nitrogens with one attached hydrogen (secondary N) is 1. The zero-order valence-corrected chi connectivity index (χ0v) is 11.5. The maximum atomic E-state index is 5.96. The highest BCUT2D eigenvalue weighted by Crippen LogP contribution is 2.32. The van der Waals surface area contributed by atoms with E-state index in [-0.39, 0.29) is 6.04 Å². The Labute approximate surface area is 114 Å². The summed E-state index contributed by atoms with van der Waals surface area (Å²) in [4.78, 5) is 1.16. The van der Waals surface area contributed by atoms with E-state index in [1.165, 1.54) is 0 Å². The van der Waals surface area contributed by atoms with Gasteiger partial charge in [0.1, 0.15) is 0 Å². The van der Waals surface area contributed by atoms with Gasteiger partial charge in [-0.05, 0) is 31.2 Å².